The van der Waals surface area contributed by atoms with E-state index in [1.807, 2.05) is 35.2 Å². The zero-order valence-corrected chi connectivity index (χ0v) is 19.5. The Morgan fingerprint density at radius 2 is 1.91 bits per heavy atom. The van der Waals surface area contributed by atoms with Crippen LogP contribution in [-0.4, -0.2) is 50.0 Å². The molecule has 1 saturated heterocycles. The maximum absolute atomic E-state index is 12.9. The van der Waals surface area contributed by atoms with Gasteiger partial charge in [0, 0.05) is 18.1 Å². The van der Waals surface area contributed by atoms with Gasteiger partial charge >= 0.3 is 0 Å². The van der Waals surface area contributed by atoms with Gasteiger partial charge in [-0.2, -0.15) is 0 Å². The van der Waals surface area contributed by atoms with Gasteiger partial charge in [-0.05, 0) is 48.6 Å². The van der Waals surface area contributed by atoms with Crippen LogP contribution in [0.2, 0.25) is 5.02 Å². The highest BCUT2D eigenvalue weighted by Crippen LogP contribution is 2.33. The lowest BCUT2D eigenvalue weighted by atomic mass is 9.96. The minimum Gasteiger partial charge on any atom is -0.368 e. The Hall–Kier alpha value is -2.62. The van der Waals surface area contributed by atoms with E-state index in [1.165, 1.54) is 0 Å². The highest BCUT2D eigenvalue weighted by atomic mass is 35.5. The Kier molecular flexibility index (Phi) is 7.43. The molecule has 0 bridgehead atoms. The number of carbonyl (C=O) groups excluding carboxylic acids is 2. The summed E-state index contributed by atoms with van der Waals surface area (Å²) in [5.74, 6) is -0.657. The van der Waals surface area contributed by atoms with Gasteiger partial charge in [0.1, 0.15) is 0 Å². The van der Waals surface area contributed by atoms with Crippen molar-refractivity contribution in [1.29, 1.82) is 0 Å². The van der Waals surface area contributed by atoms with Crippen LogP contribution in [0.15, 0.2) is 48.5 Å². The lowest BCUT2D eigenvalue weighted by molar-refractivity contribution is -0.129. The number of anilines is 1. The summed E-state index contributed by atoms with van der Waals surface area (Å²) in [6.07, 6.45) is 1.60. The molecular formula is C22H27ClN4O4S. The smallest absolute Gasteiger partial charge is 0.237 e. The summed E-state index contributed by atoms with van der Waals surface area (Å²) in [6, 6.07) is 13.4. The fourth-order valence-electron chi connectivity index (χ4n) is 4.02. The topological polar surface area (TPSA) is 122 Å². The number of rotatable bonds is 8. The lowest BCUT2D eigenvalue weighted by Crippen LogP contribution is -2.51. The predicted octanol–water partition coefficient (Wildman–Crippen LogP) is 2.06. The van der Waals surface area contributed by atoms with E-state index >= 15 is 0 Å². The molecule has 1 aliphatic rings. The minimum atomic E-state index is -3.50. The summed E-state index contributed by atoms with van der Waals surface area (Å²) in [4.78, 5) is 26.8. The van der Waals surface area contributed by atoms with Crippen molar-refractivity contribution in [3.63, 3.8) is 0 Å². The van der Waals surface area contributed by atoms with Crippen LogP contribution in [0, 0.1) is 0 Å². The van der Waals surface area contributed by atoms with Gasteiger partial charge in [0.05, 0.1) is 24.0 Å². The summed E-state index contributed by atoms with van der Waals surface area (Å²) >= 11 is 6.05. The molecule has 10 heteroatoms. The number of hydrogen-bond acceptors (Lipinski definition) is 5. The molecule has 3 atom stereocenters. The lowest BCUT2D eigenvalue weighted by Gasteiger charge is -2.28. The van der Waals surface area contributed by atoms with Gasteiger partial charge in [-0.25, -0.2) is 8.42 Å². The van der Waals surface area contributed by atoms with Crippen molar-refractivity contribution < 1.29 is 18.0 Å². The fourth-order valence-corrected chi connectivity index (χ4v) is 4.82. The average molecular weight is 479 g/mol. The molecule has 0 saturated carbocycles. The van der Waals surface area contributed by atoms with Crippen molar-refractivity contribution in [3.8, 4) is 0 Å². The van der Waals surface area contributed by atoms with Crippen LogP contribution in [0.25, 0.3) is 0 Å². The minimum absolute atomic E-state index is 0.0682. The van der Waals surface area contributed by atoms with Gasteiger partial charge in [0.25, 0.3) is 0 Å². The molecule has 3 rings (SSSR count). The van der Waals surface area contributed by atoms with E-state index in [-0.39, 0.29) is 18.4 Å². The van der Waals surface area contributed by atoms with Crippen molar-refractivity contribution >= 4 is 39.1 Å². The maximum Gasteiger partial charge on any atom is 0.237 e. The second-order valence-electron chi connectivity index (χ2n) is 8.03. The normalized spacial score (nSPS) is 20.0. The molecule has 2 aromatic rings. The van der Waals surface area contributed by atoms with Gasteiger partial charge in [0.15, 0.2) is 0 Å². The van der Waals surface area contributed by atoms with Gasteiger partial charge < -0.3 is 11.1 Å². The molecular weight excluding hydrogens is 452 g/mol. The highest BCUT2D eigenvalue weighted by molar-refractivity contribution is 7.92. The summed E-state index contributed by atoms with van der Waals surface area (Å²) in [5.41, 5.74) is 7.60. The number of primary amides is 1. The van der Waals surface area contributed by atoms with Crippen LogP contribution in [-0.2, 0) is 26.2 Å². The number of nitrogens with one attached hydrogen (secondary N) is 2. The van der Waals surface area contributed by atoms with E-state index in [0.717, 1.165) is 11.8 Å². The number of sulfonamides is 1. The average Bonchev–Trinajstić information content (AvgIpc) is 3.18. The number of halogens is 1. The first-order valence-electron chi connectivity index (χ1n) is 10.2. The van der Waals surface area contributed by atoms with E-state index < -0.39 is 28.0 Å². The molecule has 1 fully saturated rings. The number of likely N-dealkylation sites (tertiary alicyclic amines) is 1. The summed E-state index contributed by atoms with van der Waals surface area (Å²) in [6.45, 7) is 2.33. The Balaban J connectivity index is 1.71. The number of carbonyl (C=O) groups is 2. The zero-order chi connectivity index (χ0) is 23.5. The second-order valence-corrected chi connectivity index (χ2v) is 10.2. The van der Waals surface area contributed by atoms with Crippen molar-refractivity contribution in [1.82, 2.24) is 10.2 Å². The molecule has 8 nitrogen and oxygen atoms in total. The molecule has 2 aromatic carbocycles. The van der Waals surface area contributed by atoms with E-state index in [4.69, 9.17) is 17.3 Å². The van der Waals surface area contributed by atoms with E-state index in [9.17, 15) is 18.0 Å². The molecule has 0 aromatic heterocycles. The molecule has 2 unspecified atom stereocenters. The Morgan fingerprint density at radius 3 is 2.53 bits per heavy atom. The summed E-state index contributed by atoms with van der Waals surface area (Å²) in [5, 5.41) is 3.23. The molecule has 4 N–H and O–H groups in total. The van der Waals surface area contributed by atoms with Crippen molar-refractivity contribution in [2.75, 3.05) is 17.5 Å². The van der Waals surface area contributed by atoms with Gasteiger partial charge in [-0.3, -0.25) is 19.2 Å². The van der Waals surface area contributed by atoms with Crippen molar-refractivity contribution in [2.45, 2.75) is 37.9 Å². The second kappa shape index (κ2) is 9.89. The Labute approximate surface area is 193 Å². The zero-order valence-electron chi connectivity index (χ0n) is 17.9. The first-order valence-corrected chi connectivity index (χ1v) is 12.5. The van der Waals surface area contributed by atoms with Crippen molar-refractivity contribution in [2.24, 2.45) is 5.73 Å². The van der Waals surface area contributed by atoms with Gasteiger partial charge in [-0.1, -0.05) is 41.9 Å². The standard InChI is InChI=1S/C22H27ClN4O4S/c1-14(27-13-17(11-20(27)21(24)28)15-6-4-3-5-7-15)22(29)25-12-16-10-18(23)8-9-19(16)26-32(2,30)31/h3-10,14,17,20,26H,11-13H2,1-2H3,(H2,24,28)(H,25,29)/t14-,17?,20?/m0/s1. The van der Waals surface area contributed by atoms with Gasteiger partial charge in [0.2, 0.25) is 21.8 Å². The molecule has 0 aliphatic carbocycles. The van der Waals surface area contributed by atoms with Crippen molar-refractivity contribution in [3.05, 3.63) is 64.7 Å². The van der Waals surface area contributed by atoms with Crippen LogP contribution in [0.3, 0.4) is 0 Å². The molecule has 172 valence electrons. The number of benzene rings is 2. The van der Waals surface area contributed by atoms with Crippen LogP contribution >= 0.6 is 11.6 Å². The van der Waals surface area contributed by atoms with Gasteiger partial charge in [-0.15, -0.1) is 0 Å². The maximum atomic E-state index is 12.9. The molecule has 0 radical (unpaired) electrons. The highest BCUT2D eigenvalue weighted by Gasteiger charge is 2.40. The van der Waals surface area contributed by atoms with Crippen LogP contribution < -0.4 is 15.8 Å². The van der Waals surface area contributed by atoms with E-state index in [1.54, 1.807) is 25.1 Å². The molecule has 2 amide bonds. The first-order chi connectivity index (χ1) is 15.0. The van der Waals surface area contributed by atoms with E-state index in [2.05, 4.69) is 10.0 Å². The Morgan fingerprint density at radius 1 is 1.22 bits per heavy atom. The SMILES string of the molecule is C[C@@H](C(=O)NCc1cc(Cl)ccc1NS(C)(=O)=O)N1CC(c2ccccc2)CC1C(N)=O. The van der Waals surface area contributed by atoms with E-state index in [0.29, 0.717) is 29.2 Å². The number of amides is 2. The summed E-state index contributed by atoms with van der Waals surface area (Å²) < 4.78 is 25.7. The third-order valence-corrected chi connectivity index (χ3v) is 6.46. The third-order valence-electron chi connectivity index (χ3n) is 5.63. The number of hydrogen-bond donors (Lipinski definition) is 3. The van der Waals surface area contributed by atoms with Crippen LogP contribution in [0.1, 0.15) is 30.4 Å². The Bertz CT molecular complexity index is 1090. The largest absolute Gasteiger partial charge is 0.368 e. The molecule has 1 heterocycles. The predicted molar refractivity (Wildman–Crippen MR) is 125 cm³/mol. The fraction of sp³-hybridized carbons (Fsp3) is 0.364. The van der Waals surface area contributed by atoms with Crippen LogP contribution in [0.5, 0.6) is 0 Å². The first kappa shape index (κ1) is 24.0. The number of nitrogens with two attached hydrogens (primary N) is 1. The monoisotopic (exact) mass is 478 g/mol. The third kappa shape index (κ3) is 5.99. The molecule has 0 spiro atoms. The van der Waals surface area contributed by atoms with Crippen LogP contribution in [0.4, 0.5) is 5.69 Å². The quantitative estimate of drug-likeness (QED) is 0.536. The number of nitrogens with zero attached hydrogens (tertiary/aromatic N) is 1. The molecule has 1 aliphatic heterocycles. The summed E-state index contributed by atoms with van der Waals surface area (Å²) in [7, 11) is -3.50. The molecule has 32 heavy (non-hydrogen) atoms.